The van der Waals surface area contributed by atoms with Crippen molar-refractivity contribution in [2.45, 2.75) is 13.5 Å². The number of rotatable bonds is 4. The lowest BCUT2D eigenvalue weighted by Gasteiger charge is -2.04. The molecule has 114 valence electrons. The third kappa shape index (κ3) is 4.02. The fourth-order valence-electron chi connectivity index (χ4n) is 1.66. The summed E-state index contributed by atoms with van der Waals surface area (Å²) in [4.78, 5) is 23.1. The smallest absolute Gasteiger partial charge is 0.329 e. The number of furan rings is 1. The van der Waals surface area contributed by atoms with Crippen LogP contribution < -0.4 is 10.7 Å². The monoisotopic (exact) mass is 303 g/mol. The molecule has 1 aromatic carbocycles. The molecule has 2 N–H and O–H groups in total. The van der Waals surface area contributed by atoms with Crippen molar-refractivity contribution < 1.29 is 18.4 Å². The molecule has 0 saturated heterocycles. The van der Waals surface area contributed by atoms with Gasteiger partial charge >= 0.3 is 11.8 Å². The number of benzene rings is 1. The van der Waals surface area contributed by atoms with Crippen LogP contribution in [0.5, 0.6) is 0 Å². The Labute approximate surface area is 126 Å². The van der Waals surface area contributed by atoms with E-state index in [0.29, 0.717) is 5.76 Å². The number of carbonyl (C=O) groups is 2. The number of carbonyl (C=O) groups excluding carboxylic acids is 2. The molecule has 2 aromatic rings. The molecule has 0 unspecified atom stereocenters. The van der Waals surface area contributed by atoms with Gasteiger partial charge in [-0.1, -0.05) is 18.2 Å². The van der Waals surface area contributed by atoms with Crippen molar-refractivity contribution in [1.29, 1.82) is 0 Å². The fraction of sp³-hybridized carbons (Fsp3) is 0.133. The Hall–Kier alpha value is -2.96. The van der Waals surface area contributed by atoms with Gasteiger partial charge in [-0.2, -0.15) is 5.10 Å². The standard InChI is InChI=1S/C15H14FN3O3/c1-10(12-6-2-3-7-13(12)16)18-19-15(21)14(20)17-9-11-5-4-8-22-11/h2-8H,9H2,1H3,(H,17,20)(H,19,21)/b18-10-. The van der Waals surface area contributed by atoms with Crippen LogP contribution in [0.25, 0.3) is 0 Å². The van der Waals surface area contributed by atoms with Crippen LogP contribution >= 0.6 is 0 Å². The van der Waals surface area contributed by atoms with Crippen molar-refractivity contribution >= 4 is 17.5 Å². The first-order chi connectivity index (χ1) is 10.6. The number of hydrogen-bond acceptors (Lipinski definition) is 4. The topological polar surface area (TPSA) is 83.7 Å². The second-order valence-electron chi connectivity index (χ2n) is 4.38. The van der Waals surface area contributed by atoms with Gasteiger partial charge in [-0.05, 0) is 25.1 Å². The maximum Gasteiger partial charge on any atom is 0.329 e. The average Bonchev–Trinajstić information content (AvgIpc) is 3.03. The Morgan fingerprint density at radius 3 is 2.64 bits per heavy atom. The molecule has 2 rings (SSSR count). The molecule has 1 heterocycles. The maximum absolute atomic E-state index is 13.5. The summed E-state index contributed by atoms with van der Waals surface area (Å²) in [6.45, 7) is 1.62. The van der Waals surface area contributed by atoms with E-state index in [2.05, 4.69) is 15.8 Å². The molecule has 0 fully saturated rings. The number of amides is 2. The van der Waals surface area contributed by atoms with Gasteiger partial charge in [-0.25, -0.2) is 9.82 Å². The van der Waals surface area contributed by atoms with Crippen molar-refractivity contribution in [3.05, 3.63) is 59.8 Å². The van der Waals surface area contributed by atoms with Crippen LogP contribution in [0.15, 0.2) is 52.2 Å². The van der Waals surface area contributed by atoms with Crippen LogP contribution in [-0.2, 0) is 16.1 Å². The zero-order chi connectivity index (χ0) is 15.9. The number of hydrazone groups is 1. The van der Waals surface area contributed by atoms with Crippen molar-refractivity contribution in [2.24, 2.45) is 5.10 Å². The molecule has 0 atom stereocenters. The molecule has 6 nitrogen and oxygen atoms in total. The molecule has 0 aliphatic heterocycles. The molecule has 2 amide bonds. The lowest BCUT2D eigenvalue weighted by atomic mass is 10.1. The molecule has 0 saturated carbocycles. The number of halogens is 1. The van der Waals surface area contributed by atoms with Crippen LogP contribution in [0.2, 0.25) is 0 Å². The van der Waals surface area contributed by atoms with E-state index in [1.165, 1.54) is 25.3 Å². The highest BCUT2D eigenvalue weighted by atomic mass is 19.1. The quantitative estimate of drug-likeness (QED) is 0.511. The van der Waals surface area contributed by atoms with Gasteiger partial charge in [0.2, 0.25) is 0 Å². The highest BCUT2D eigenvalue weighted by molar-refractivity contribution is 6.35. The minimum absolute atomic E-state index is 0.0925. The summed E-state index contributed by atoms with van der Waals surface area (Å²) in [5, 5.41) is 6.09. The second-order valence-corrected chi connectivity index (χ2v) is 4.38. The first-order valence-corrected chi connectivity index (χ1v) is 6.47. The zero-order valence-corrected chi connectivity index (χ0v) is 11.8. The SMILES string of the molecule is C/C(=N/NC(=O)C(=O)NCc1ccco1)c1ccccc1F. The van der Waals surface area contributed by atoms with Gasteiger partial charge in [0.1, 0.15) is 11.6 Å². The van der Waals surface area contributed by atoms with E-state index in [1.54, 1.807) is 24.3 Å². The molecular weight excluding hydrogens is 289 g/mol. The molecule has 0 bridgehead atoms. The predicted octanol–water partition coefficient (Wildman–Crippen LogP) is 1.58. The summed E-state index contributed by atoms with van der Waals surface area (Å²) in [6, 6.07) is 9.34. The van der Waals surface area contributed by atoms with Gasteiger partial charge in [0.15, 0.2) is 0 Å². The third-order valence-electron chi connectivity index (χ3n) is 2.80. The van der Waals surface area contributed by atoms with Crippen LogP contribution in [0, 0.1) is 5.82 Å². The van der Waals surface area contributed by atoms with Crippen LogP contribution in [0.1, 0.15) is 18.2 Å². The van der Waals surface area contributed by atoms with E-state index < -0.39 is 17.6 Å². The van der Waals surface area contributed by atoms with E-state index in [-0.39, 0.29) is 17.8 Å². The van der Waals surface area contributed by atoms with E-state index in [4.69, 9.17) is 4.42 Å². The minimum atomic E-state index is -0.942. The van der Waals surface area contributed by atoms with E-state index in [0.717, 1.165) is 0 Å². The van der Waals surface area contributed by atoms with E-state index in [1.807, 2.05) is 0 Å². The Kier molecular flexibility index (Phi) is 5.02. The maximum atomic E-state index is 13.5. The van der Waals surface area contributed by atoms with Crippen molar-refractivity contribution in [1.82, 2.24) is 10.7 Å². The van der Waals surface area contributed by atoms with Gasteiger partial charge < -0.3 is 9.73 Å². The molecule has 0 aliphatic rings. The molecule has 1 aromatic heterocycles. The lowest BCUT2D eigenvalue weighted by Crippen LogP contribution is -2.37. The van der Waals surface area contributed by atoms with Crippen LogP contribution in [0.3, 0.4) is 0 Å². The Morgan fingerprint density at radius 1 is 1.18 bits per heavy atom. The number of hydrogen-bond donors (Lipinski definition) is 2. The van der Waals surface area contributed by atoms with Crippen LogP contribution in [0.4, 0.5) is 4.39 Å². The van der Waals surface area contributed by atoms with Crippen molar-refractivity contribution in [3.8, 4) is 0 Å². The Balaban J connectivity index is 1.90. The Bertz CT molecular complexity index is 696. The summed E-state index contributed by atoms with van der Waals surface area (Å²) in [5.41, 5.74) is 2.58. The molecule has 7 heteroatoms. The van der Waals surface area contributed by atoms with E-state index >= 15 is 0 Å². The first-order valence-electron chi connectivity index (χ1n) is 6.47. The number of nitrogens with zero attached hydrogens (tertiary/aromatic N) is 1. The summed E-state index contributed by atoms with van der Waals surface area (Å²) in [6.07, 6.45) is 1.46. The summed E-state index contributed by atoms with van der Waals surface area (Å²) < 4.78 is 18.5. The second kappa shape index (κ2) is 7.16. The third-order valence-corrected chi connectivity index (χ3v) is 2.80. The summed E-state index contributed by atoms with van der Waals surface area (Å²) >= 11 is 0. The largest absolute Gasteiger partial charge is 0.467 e. The molecule has 0 spiro atoms. The van der Waals surface area contributed by atoms with Gasteiger partial charge in [0.05, 0.1) is 18.5 Å². The lowest BCUT2D eigenvalue weighted by molar-refractivity contribution is -0.139. The molecule has 0 aliphatic carbocycles. The van der Waals surface area contributed by atoms with Gasteiger partial charge in [-0.3, -0.25) is 9.59 Å². The molecular formula is C15H14FN3O3. The fourth-order valence-corrected chi connectivity index (χ4v) is 1.66. The van der Waals surface area contributed by atoms with Crippen molar-refractivity contribution in [3.63, 3.8) is 0 Å². The normalized spacial score (nSPS) is 11.1. The summed E-state index contributed by atoms with van der Waals surface area (Å²) in [5.74, 6) is -1.74. The minimum Gasteiger partial charge on any atom is -0.467 e. The molecule has 0 radical (unpaired) electrons. The first kappa shape index (κ1) is 15.4. The zero-order valence-electron chi connectivity index (χ0n) is 11.8. The van der Waals surface area contributed by atoms with Gasteiger partial charge in [0.25, 0.3) is 0 Å². The highest BCUT2D eigenvalue weighted by Gasteiger charge is 2.13. The van der Waals surface area contributed by atoms with Crippen molar-refractivity contribution in [2.75, 3.05) is 0 Å². The van der Waals surface area contributed by atoms with E-state index in [9.17, 15) is 14.0 Å². The predicted molar refractivity (Wildman–Crippen MR) is 77.3 cm³/mol. The number of nitrogens with one attached hydrogen (secondary N) is 2. The summed E-state index contributed by atoms with van der Waals surface area (Å²) in [7, 11) is 0. The Morgan fingerprint density at radius 2 is 1.95 bits per heavy atom. The van der Waals surface area contributed by atoms with Crippen LogP contribution in [-0.4, -0.2) is 17.5 Å². The van der Waals surface area contributed by atoms with Gasteiger partial charge in [0, 0.05) is 5.56 Å². The van der Waals surface area contributed by atoms with Gasteiger partial charge in [-0.15, -0.1) is 0 Å². The highest BCUT2D eigenvalue weighted by Crippen LogP contribution is 2.07. The molecule has 22 heavy (non-hydrogen) atoms. The average molecular weight is 303 g/mol.